The van der Waals surface area contributed by atoms with Gasteiger partial charge in [0.1, 0.15) is 0 Å². The van der Waals surface area contributed by atoms with Crippen LogP contribution < -0.4 is 5.73 Å². The molecule has 2 N–H and O–H groups in total. The zero-order valence-electron chi connectivity index (χ0n) is 13.6. The van der Waals surface area contributed by atoms with Crippen LogP contribution in [0.25, 0.3) is 0 Å². The molecular weight excluding hydrogens is 234 g/mol. The van der Waals surface area contributed by atoms with Gasteiger partial charge in [0, 0.05) is 13.2 Å². The Labute approximate surface area is 120 Å². The number of ether oxygens (including phenoxy) is 1. The molecule has 0 aliphatic heterocycles. The predicted molar refractivity (Wildman–Crippen MR) is 83.3 cm³/mol. The summed E-state index contributed by atoms with van der Waals surface area (Å²) in [4.78, 5) is 0. The summed E-state index contributed by atoms with van der Waals surface area (Å²) in [5.74, 6) is 1.62. The van der Waals surface area contributed by atoms with Crippen molar-refractivity contribution < 1.29 is 4.74 Å². The lowest BCUT2D eigenvalue weighted by Gasteiger charge is -2.43. The molecule has 0 radical (unpaired) electrons. The third-order valence-electron chi connectivity index (χ3n) is 5.33. The number of nitrogens with two attached hydrogens (primary N) is 1. The van der Waals surface area contributed by atoms with Crippen LogP contribution in [-0.4, -0.2) is 18.8 Å². The highest BCUT2D eigenvalue weighted by atomic mass is 16.5. The molecule has 114 valence electrons. The summed E-state index contributed by atoms with van der Waals surface area (Å²) in [6.45, 7) is 6.92. The molecule has 0 saturated heterocycles. The third kappa shape index (κ3) is 4.75. The molecule has 1 aliphatic rings. The van der Waals surface area contributed by atoms with Gasteiger partial charge in [-0.15, -0.1) is 0 Å². The minimum Gasteiger partial charge on any atom is -0.377 e. The molecule has 1 fully saturated rings. The van der Waals surface area contributed by atoms with Crippen LogP contribution in [0.2, 0.25) is 0 Å². The Hall–Kier alpha value is -0.0800. The van der Waals surface area contributed by atoms with Crippen LogP contribution in [0.1, 0.15) is 78.6 Å². The molecule has 0 aromatic heterocycles. The summed E-state index contributed by atoms with van der Waals surface area (Å²) in [5.41, 5.74) is 6.53. The van der Waals surface area contributed by atoms with Crippen LogP contribution in [0.4, 0.5) is 0 Å². The van der Waals surface area contributed by atoms with Gasteiger partial charge in [-0.3, -0.25) is 0 Å². The molecule has 2 heteroatoms. The van der Waals surface area contributed by atoms with E-state index in [2.05, 4.69) is 20.8 Å². The molecule has 2 atom stereocenters. The molecule has 0 bridgehead atoms. The lowest BCUT2D eigenvalue weighted by Crippen LogP contribution is -2.52. The number of unbranched alkanes of at least 4 members (excludes halogenated alkanes) is 1. The highest BCUT2D eigenvalue weighted by Crippen LogP contribution is 2.38. The average Bonchev–Trinajstić information content (AvgIpc) is 2.44. The normalized spacial score (nSPS) is 31.1. The van der Waals surface area contributed by atoms with E-state index in [9.17, 15) is 0 Å². The lowest BCUT2D eigenvalue weighted by molar-refractivity contribution is -0.0708. The molecule has 0 aromatic rings. The first-order valence-electron chi connectivity index (χ1n) is 8.38. The van der Waals surface area contributed by atoms with Gasteiger partial charge < -0.3 is 10.5 Å². The van der Waals surface area contributed by atoms with Crippen molar-refractivity contribution in [1.29, 1.82) is 0 Å². The Morgan fingerprint density at radius 3 is 2.37 bits per heavy atom. The summed E-state index contributed by atoms with van der Waals surface area (Å²) >= 11 is 0. The van der Waals surface area contributed by atoms with Gasteiger partial charge in [-0.25, -0.2) is 0 Å². The van der Waals surface area contributed by atoms with Crippen LogP contribution in [-0.2, 0) is 4.74 Å². The maximum absolute atomic E-state index is 6.56. The van der Waals surface area contributed by atoms with Crippen LogP contribution in [0, 0.1) is 11.8 Å². The maximum atomic E-state index is 6.56. The Bertz CT molecular complexity index is 233. The van der Waals surface area contributed by atoms with E-state index in [0.29, 0.717) is 0 Å². The quantitative estimate of drug-likeness (QED) is 0.703. The van der Waals surface area contributed by atoms with Gasteiger partial charge >= 0.3 is 0 Å². The summed E-state index contributed by atoms with van der Waals surface area (Å²) in [5, 5.41) is 0. The SMILES string of the molecule is CCCCC(CC)CC(N)C1(OC)CCC(C)CC1. The van der Waals surface area contributed by atoms with Crippen molar-refractivity contribution in [2.24, 2.45) is 17.6 Å². The molecule has 0 aromatic carbocycles. The van der Waals surface area contributed by atoms with Crippen molar-refractivity contribution in [2.45, 2.75) is 90.2 Å². The average molecular weight is 269 g/mol. The first-order valence-corrected chi connectivity index (χ1v) is 8.38. The van der Waals surface area contributed by atoms with Gasteiger partial charge in [0.15, 0.2) is 0 Å². The van der Waals surface area contributed by atoms with Crippen molar-refractivity contribution in [3.05, 3.63) is 0 Å². The maximum Gasteiger partial charge on any atom is 0.0829 e. The lowest BCUT2D eigenvalue weighted by atomic mass is 9.73. The fourth-order valence-corrected chi connectivity index (χ4v) is 3.53. The molecule has 2 unspecified atom stereocenters. The van der Waals surface area contributed by atoms with E-state index in [1.807, 2.05) is 7.11 Å². The summed E-state index contributed by atoms with van der Waals surface area (Å²) < 4.78 is 5.91. The molecular formula is C17H35NO. The monoisotopic (exact) mass is 269 g/mol. The van der Waals surface area contributed by atoms with Crippen LogP contribution in [0.5, 0.6) is 0 Å². The van der Waals surface area contributed by atoms with Crippen LogP contribution in [0.3, 0.4) is 0 Å². The molecule has 0 spiro atoms. The van der Waals surface area contributed by atoms with E-state index in [-0.39, 0.29) is 11.6 Å². The summed E-state index contributed by atoms with van der Waals surface area (Å²) in [6, 6.07) is 0.215. The number of hydrogen-bond donors (Lipinski definition) is 1. The fourth-order valence-electron chi connectivity index (χ4n) is 3.53. The van der Waals surface area contributed by atoms with E-state index in [0.717, 1.165) is 31.1 Å². The Morgan fingerprint density at radius 1 is 1.26 bits per heavy atom. The first-order chi connectivity index (χ1) is 9.07. The molecule has 0 heterocycles. The van der Waals surface area contributed by atoms with E-state index in [1.54, 1.807) is 0 Å². The van der Waals surface area contributed by atoms with Gasteiger partial charge in [-0.05, 0) is 43.9 Å². The first kappa shape index (κ1) is 17.0. The fraction of sp³-hybridized carbons (Fsp3) is 1.00. The van der Waals surface area contributed by atoms with Gasteiger partial charge in [0.05, 0.1) is 5.60 Å². The molecule has 1 saturated carbocycles. The number of rotatable bonds is 8. The van der Waals surface area contributed by atoms with E-state index < -0.39 is 0 Å². The van der Waals surface area contributed by atoms with E-state index in [1.165, 1.54) is 38.5 Å². The summed E-state index contributed by atoms with van der Waals surface area (Å²) in [6.07, 6.45) is 11.2. The zero-order chi connectivity index (χ0) is 14.3. The topological polar surface area (TPSA) is 35.2 Å². The highest BCUT2D eigenvalue weighted by molar-refractivity contribution is 4.95. The minimum atomic E-state index is -0.0356. The van der Waals surface area contributed by atoms with Gasteiger partial charge in [0.25, 0.3) is 0 Å². The second-order valence-corrected chi connectivity index (χ2v) is 6.71. The predicted octanol–water partition coefficient (Wildman–Crippen LogP) is 4.52. The molecule has 0 amide bonds. The van der Waals surface area contributed by atoms with Crippen molar-refractivity contribution in [3.63, 3.8) is 0 Å². The largest absolute Gasteiger partial charge is 0.377 e. The third-order valence-corrected chi connectivity index (χ3v) is 5.33. The zero-order valence-corrected chi connectivity index (χ0v) is 13.6. The van der Waals surface area contributed by atoms with Crippen molar-refractivity contribution in [3.8, 4) is 0 Å². The van der Waals surface area contributed by atoms with E-state index >= 15 is 0 Å². The van der Waals surface area contributed by atoms with Crippen molar-refractivity contribution >= 4 is 0 Å². The standard InChI is InChI=1S/C17H35NO/c1-5-7-8-15(6-2)13-16(18)17(19-4)11-9-14(3)10-12-17/h14-16H,5-13,18H2,1-4H3. The van der Waals surface area contributed by atoms with Gasteiger partial charge in [0.2, 0.25) is 0 Å². The Balaban J connectivity index is 2.54. The van der Waals surface area contributed by atoms with Crippen molar-refractivity contribution in [2.75, 3.05) is 7.11 Å². The second kappa shape index (κ2) is 8.26. The molecule has 2 nitrogen and oxygen atoms in total. The minimum absolute atomic E-state index is 0.0356. The van der Waals surface area contributed by atoms with Gasteiger partial charge in [-0.1, -0.05) is 46.5 Å². The number of methoxy groups -OCH3 is 1. The molecule has 19 heavy (non-hydrogen) atoms. The van der Waals surface area contributed by atoms with E-state index in [4.69, 9.17) is 10.5 Å². The second-order valence-electron chi connectivity index (χ2n) is 6.71. The van der Waals surface area contributed by atoms with Gasteiger partial charge in [-0.2, -0.15) is 0 Å². The molecule has 1 rings (SSSR count). The Morgan fingerprint density at radius 2 is 1.89 bits per heavy atom. The van der Waals surface area contributed by atoms with Crippen molar-refractivity contribution in [1.82, 2.24) is 0 Å². The Kier molecular flexibility index (Phi) is 7.38. The van der Waals surface area contributed by atoms with Crippen LogP contribution in [0.15, 0.2) is 0 Å². The smallest absolute Gasteiger partial charge is 0.0829 e. The number of hydrogen-bond acceptors (Lipinski definition) is 2. The molecule has 1 aliphatic carbocycles. The van der Waals surface area contributed by atoms with Crippen LogP contribution >= 0.6 is 0 Å². The highest BCUT2D eigenvalue weighted by Gasteiger charge is 2.40. The summed E-state index contributed by atoms with van der Waals surface area (Å²) in [7, 11) is 1.86.